The Morgan fingerprint density at radius 1 is 1.42 bits per heavy atom. The minimum absolute atomic E-state index is 0.0956. The van der Waals surface area contributed by atoms with Gasteiger partial charge in [-0.25, -0.2) is 0 Å². The van der Waals surface area contributed by atoms with Gasteiger partial charge in [0.2, 0.25) is 0 Å². The third kappa shape index (κ3) is 6.57. The van der Waals surface area contributed by atoms with Crippen molar-refractivity contribution in [2.45, 2.75) is 13.5 Å². The maximum absolute atomic E-state index is 12.8. The molecule has 0 aliphatic carbocycles. The highest BCUT2D eigenvalue weighted by Crippen LogP contribution is 2.17. The lowest BCUT2D eigenvalue weighted by molar-refractivity contribution is -0.115. The lowest BCUT2D eigenvalue weighted by Gasteiger charge is -2.11. The number of benzene rings is 1. The first-order chi connectivity index (χ1) is 14.9. The van der Waals surface area contributed by atoms with Crippen molar-refractivity contribution in [2.24, 2.45) is 0 Å². The number of nitrogens with one attached hydrogen (secondary N) is 2. The molecule has 0 bridgehead atoms. The molecule has 0 aliphatic rings. The van der Waals surface area contributed by atoms with Crippen LogP contribution in [0.4, 0.5) is 5.69 Å². The van der Waals surface area contributed by atoms with Crippen LogP contribution in [-0.4, -0.2) is 49.2 Å². The highest BCUT2D eigenvalue weighted by molar-refractivity contribution is 7.07. The van der Waals surface area contributed by atoms with Gasteiger partial charge < -0.3 is 20.3 Å². The topological polar surface area (TPSA) is 99.4 Å². The van der Waals surface area contributed by atoms with Gasteiger partial charge in [-0.1, -0.05) is 12.1 Å². The molecular formula is C22H27N5O3S. The summed E-state index contributed by atoms with van der Waals surface area (Å²) in [6.45, 7) is 7.28. The zero-order chi connectivity index (χ0) is 22.8. The predicted octanol–water partition coefficient (Wildman–Crippen LogP) is 0.697. The van der Waals surface area contributed by atoms with E-state index in [1.165, 1.54) is 10.6 Å². The number of anilines is 1. The Labute approximate surface area is 185 Å². The van der Waals surface area contributed by atoms with E-state index in [9.17, 15) is 14.9 Å². The van der Waals surface area contributed by atoms with Gasteiger partial charge in [-0.05, 0) is 33.2 Å². The molecule has 9 heteroatoms. The van der Waals surface area contributed by atoms with E-state index in [2.05, 4.69) is 17.2 Å². The molecule has 2 aromatic rings. The summed E-state index contributed by atoms with van der Waals surface area (Å²) in [7, 11) is 3.96. The van der Waals surface area contributed by atoms with Gasteiger partial charge in [0.25, 0.3) is 11.5 Å². The number of nitrogens with zero attached hydrogens (tertiary/aromatic N) is 3. The number of hydrogen-bond acceptors (Lipinski definition) is 7. The van der Waals surface area contributed by atoms with Gasteiger partial charge in [0.05, 0.1) is 0 Å². The molecule has 2 rings (SSSR count). The largest absolute Gasteiger partial charge is 0.492 e. The zero-order valence-electron chi connectivity index (χ0n) is 18.0. The Morgan fingerprint density at radius 2 is 2.19 bits per heavy atom. The summed E-state index contributed by atoms with van der Waals surface area (Å²) in [6.07, 6.45) is 3.11. The molecule has 0 saturated carbocycles. The van der Waals surface area contributed by atoms with Crippen molar-refractivity contribution in [3.05, 3.63) is 56.5 Å². The predicted molar refractivity (Wildman–Crippen MR) is 124 cm³/mol. The number of ether oxygens (including phenoxy) is 1. The highest BCUT2D eigenvalue weighted by atomic mass is 32.1. The average Bonchev–Trinajstić information content (AvgIpc) is 3.06. The Hall–Kier alpha value is -3.35. The van der Waals surface area contributed by atoms with Crippen LogP contribution in [-0.2, 0) is 11.3 Å². The van der Waals surface area contributed by atoms with Gasteiger partial charge in [0.15, 0.2) is 5.57 Å². The van der Waals surface area contributed by atoms with Crippen molar-refractivity contribution in [3.63, 3.8) is 0 Å². The van der Waals surface area contributed by atoms with Crippen LogP contribution in [0.5, 0.6) is 5.75 Å². The van der Waals surface area contributed by atoms with Crippen molar-refractivity contribution in [3.8, 4) is 11.8 Å². The minimum Gasteiger partial charge on any atom is -0.492 e. The van der Waals surface area contributed by atoms with Crippen LogP contribution in [0.2, 0.25) is 0 Å². The molecule has 8 nitrogen and oxygen atoms in total. The molecule has 0 saturated heterocycles. The molecule has 164 valence electrons. The van der Waals surface area contributed by atoms with Crippen LogP contribution in [0.1, 0.15) is 6.92 Å². The molecule has 0 spiro atoms. The van der Waals surface area contributed by atoms with Crippen molar-refractivity contribution < 1.29 is 9.53 Å². The van der Waals surface area contributed by atoms with E-state index in [-0.39, 0.29) is 17.7 Å². The number of carbonyl (C=O) groups excluding carboxylic acids is 1. The second-order valence-corrected chi connectivity index (χ2v) is 7.81. The summed E-state index contributed by atoms with van der Waals surface area (Å²) < 4.78 is 7.86. The third-order valence-corrected chi connectivity index (χ3v) is 5.33. The summed E-state index contributed by atoms with van der Waals surface area (Å²) in [4.78, 5) is 27.1. The number of amides is 1. The summed E-state index contributed by atoms with van der Waals surface area (Å²) in [5.74, 6) is 0.185. The summed E-state index contributed by atoms with van der Waals surface area (Å²) in [5.41, 5.74) is 0.396. The molecule has 1 amide bonds. The molecule has 1 aromatic heterocycles. The Morgan fingerprint density at radius 3 is 2.84 bits per heavy atom. The first kappa shape index (κ1) is 23.9. The van der Waals surface area contributed by atoms with Crippen molar-refractivity contribution in [2.75, 3.05) is 39.1 Å². The van der Waals surface area contributed by atoms with E-state index >= 15 is 0 Å². The minimum atomic E-state index is -0.534. The zero-order valence-corrected chi connectivity index (χ0v) is 18.8. The van der Waals surface area contributed by atoms with Crippen molar-refractivity contribution in [1.29, 1.82) is 5.26 Å². The van der Waals surface area contributed by atoms with Gasteiger partial charge >= 0.3 is 0 Å². The fourth-order valence-corrected chi connectivity index (χ4v) is 3.70. The van der Waals surface area contributed by atoms with E-state index in [0.29, 0.717) is 22.3 Å². The Balaban J connectivity index is 2.35. The molecule has 2 N–H and O–H groups in total. The van der Waals surface area contributed by atoms with Gasteiger partial charge in [-0.3, -0.25) is 14.2 Å². The summed E-state index contributed by atoms with van der Waals surface area (Å²) >= 11 is 1.10. The molecule has 0 radical (unpaired) electrons. The van der Waals surface area contributed by atoms with Crippen molar-refractivity contribution in [1.82, 2.24) is 14.8 Å². The van der Waals surface area contributed by atoms with Crippen LogP contribution < -0.4 is 30.1 Å². The molecule has 31 heavy (non-hydrogen) atoms. The van der Waals surface area contributed by atoms with Gasteiger partial charge in [0, 0.05) is 37.6 Å². The summed E-state index contributed by atoms with van der Waals surface area (Å²) in [5, 5.41) is 15.2. The standard InChI is InChI=1S/C22H27N5O3S/c1-5-10-24-20(28)18(14-23)22-27(6-2)21(29)19(31-22)15-25-16-8-7-9-17(13-16)30-12-11-26(3)4/h5,7-9,13,15,25H,1,6,10-12H2,2-4H3,(H,24,28). The monoisotopic (exact) mass is 441 g/mol. The van der Waals surface area contributed by atoms with Crippen LogP contribution >= 0.6 is 11.3 Å². The fraction of sp³-hybridized carbons (Fsp3) is 0.318. The number of nitriles is 1. The average molecular weight is 442 g/mol. The number of aromatic nitrogens is 1. The fourth-order valence-electron chi connectivity index (χ4n) is 2.61. The number of hydrogen-bond donors (Lipinski definition) is 2. The molecular weight excluding hydrogens is 414 g/mol. The van der Waals surface area contributed by atoms with E-state index < -0.39 is 5.91 Å². The highest BCUT2D eigenvalue weighted by Gasteiger charge is 2.14. The molecule has 1 heterocycles. The smallest absolute Gasteiger partial charge is 0.270 e. The SMILES string of the molecule is C=CCNC(=O)C(C#N)=c1sc(=CNc2cccc(OCCN(C)C)c2)c(=O)n1CC. The van der Waals surface area contributed by atoms with E-state index in [1.54, 1.807) is 13.1 Å². The maximum atomic E-state index is 12.8. The molecule has 0 atom stereocenters. The third-order valence-electron chi connectivity index (χ3n) is 4.19. The number of likely N-dealkylation sites (N-methyl/N-ethyl adjacent to an activating group) is 1. The summed E-state index contributed by atoms with van der Waals surface area (Å²) in [6, 6.07) is 9.34. The normalized spacial score (nSPS) is 12.3. The molecule has 0 unspecified atom stereocenters. The maximum Gasteiger partial charge on any atom is 0.270 e. The lowest BCUT2D eigenvalue weighted by Crippen LogP contribution is -2.34. The lowest BCUT2D eigenvalue weighted by atomic mass is 10.3. The second kappa shape index (κ2) is 11.7. The number of rotatable bonds is 10. The molecule has 0 aliphatic heterocycles. The van der Waals surface area contributed by atoms with E-state index in [1.807, 2.05) is 49.3 Å². The van der Waals surface area contributed by atoms with Crippen LogP contribution in [0.15, 0.2) is 41.7 Å². The molecule has 0 fully saturated rings. The quantitative estimate of drug-likeness (QED) is 0.527. The van der Waals surface area contributed by atoms with E-state index in [0.717, 1.165) is 29.3 Å². The van der Waals surface area contributed by atoms with Crippen LogP contribution in [0.3, 0.4) is 0 Å². The Bertz CT molecular complexity index is 1140. The van der Waals surface area contributed by atoms with Crippen LogP contribution in [0, 0.1) is 11.3 Å². The first-order valence-electron chi connectivity index (χ1n) is 9.78. The van der Waals surface area contributed by atoms with E-state index in [4.69, 9.17) is 4.74 Å². The number of thiazole rings is 1. The second-order valence-electron chi connectivity index (χ2n) is 6.77. The van der Waals surface area contributed by atoms with Crippen molar-refractivity contribution >= 4 is 34.7 Å². The van der Waals surface area contributed by atoms with Gasteiger partial charge in [0.1, 0.15) is 27.6 Å². The number of carbonyl (C=O) groups is 1. The van der Waals surface area contributed by atoms with Crippen LogP contribution in [0.25, 0.3) is 11.8 Å². The van der Waals surface area contributed by atoms with Gasteiger partial charge in [-0.2, -0.15) is 5.26 Å². The first-order valence-corrected chi connectivity index (χ1v) is 10.6. The van der Waals surface area contributed by atoms with Gasteiger partial charge in [-0.15, -0.1) is 17.9 Å². The Kier molecular flexibility index (Phi) is 9.06. The molecule has 1 aromatic carbocycles.